The highest BCUT2D eigenvalue weighted by molar-refractivity contribution is 6.70. The molecule has 0 amide bonds. The minimum atomic E-state index is -1.89. The number of hydrogen-bond donors (Lipinski definition) is 0. The largest absolute Gasteiger partial charge is 0.542 e. The summed E-state index contributed by atoms with van der Waals surface area (Å²) in [7, 11) is 1.23. The molecule has 7 nitrogen and oxygen atoms in total. The first-order valence-corrected chi connectivity index (χ1v) is 19.1. The quantitative estimate of drug-likeness (QED) is 0.271. The number of methoxy groups -OCH3 is 3. The number of carbonyl (C=O) groups is 1. The molecule has 0 aliphatic carbocycles. The zero-order valence-electron chi connectivity index (χ0n) is 23.0. The molecule has 198 valence electrons. The Morgan fingerprint density at radius 2 is 1.31 bits per heavy atom. The van der Waals surface area contributed by atoms with Gasteiger partial charge in [0.05, 0.1) is 33.9 Å². The molecule has 2 aromatic carbocycles. The maximum atomic E-state index is 12.7. The van der Waals surface area contributed by atoms with Crippen molar-refractivity contribution in [1.29, 1.82) is 0 Å². The first-order chi connectivity index (χ1) is 16.8. The molecule has 1 heterocycles. The molecule has 2 unspecified atom stereocenters. The third kappa shape index (κ3) is 7.19. The Morgan fingerprint density at radius 1 is 0.750 bits per heavy atom. The molecule has 0 radical (unpaired) electrons. The third-order valence-electron chi connectivity index (χ3n) is 5.84. The van der Waals surface area contributed by atoms with Crippen LogP contribution in [-0.4, -0.2) is 50.5 Å². The SMILES string of the molecule is COc1cc(CC2COC(=O)C2Cc2cc(OC)c(O[Si](C)(C)C)c(OC)c2)ccc1O[Si](C)(C)C. The van der Waals surface area contributed by atoms with E-state index < -0.39 is 16.6 Å². The Hall–Kier alpha value is -2.66. The van der Waals surface area contributed by atoms with Crippen molar-refractivity contribution in [3.05, 3.63) is 41.5 Å². The average molecular weight is 533 g/mol. The molecule has 1 aliphatic heterocycles. The topological polar surface area (TPSA) is 72.5 Å². The molecule has 36 heavy (non-hydrogen) atoms. The molecular formula is C27H40O7Si2. The lowest BCUT2D eigenvalue weighted by Gasteiger charge is -2.24. The zero-order chi connectivity index (χ0) is 26.7. The number of ether oxygens (including phenoxy) is 4. The normalized spacial score (nSPS) is 18.0. The van der Waals surface area contributed by atoms with Crippen LogP contribution in [0.3, 0.4) is 0 Å². The summed E-state index contributed by atoms with van der Waals surface area (Å²) in [6.07, 6.45) is 1.22. The summed E-state index contributed by atoms with van der Waals surface area (Å²) in [5, 5.41) is 0. The van der Waals surface area contributed by atoms with E-state index in [-0.39, 0.29) is 17.8 Å². The van der Waals surface area contributed by atoms with Gasteiger partial charge in [-0.05, 0) is 87.5 Å². The van der Waals surface area contributed by atoms with Gasteiger partial charge in [0.25, 0.3) is 0 Å². The van der Waals surface area contributed by atoms with Gasteiger partial charge in [-0.3, -0.25) is 4.79 Å². The van der Waals surface area contributed by atoms with Crippen LogP contribution in [-0.2, 0) is 22.4 Å². The first kappa shape index (κ1) is 27.9. The molecule has 0 saturated carbocycles. The van der Waals surface area contributed by atoms with Gasteiger partial charge in [0, 0.05) is 5.92 Å². The van der Waals surface area contributed by atoms with Gasteiger partial charge in [-0.2, -0.15) is 0 Å². The molecule has 9 heteroatoms. The smallest absolute Gasteiger partial charge is 0.309 e. The summed E-state index contributed by atoms with van der Waals surface area (Å²) in [4.78, 5) is 12.7. The van der Waals surface area contributed by atoms with Crippen molar-refractivity contribution in [2.45, 2.75) is 52.1 Å². The molecule has 0 bridgehead atoms. The minimum absolute atomic E-state index is 0.0425. The minimum Gasteiger partial charge on any atom is -0.542 e. The Morgan fingerprint density at radius 3 is 1.83 bits per heavy atom. The zero-order valence-corrected chi connectivity index (χ0v) is 25.0. The van der Waals surface area contributed by atoms with Crippen LogP contribution >= 0.6 is 0 Å². The van der Waals surface area contributed by atoms with Crippen molar-refractivity contribution >= 4 is 22.6 Å². The second kappa shape index (κ2) is 11.2. The molecule has 1 aliphatic rings. The van der Waals surface area contributed by atoms with Crippen molar-refractivity contribution in [2.75, 3.05) is 27.9 Å². The monoisotopic (exact) mass is 532 g/mol. The molecule has 2 atom stereocenters. The highest BCUT2D eigenvalue weighted by Crippen LogP contribution is 2.42. The van der Waals surface area contributed by atoms with Crippen molar-refractivity contribution in [1.82, 2.24) is 0 Å². The summed E-state index contributed by atoms with van der Waals surface area (Å²) in [6.45, 7) is 13.1. The number of carbonyl (C=O) groups excluding carboxylic acids is 1. The van der Waals surface area contributed by atoms with E-state index in [9.17, 15) is 4.79 Å². The summed E-state index contributed by atoms with van der Waals surface area (Å²) in [5.41, 5.74) is 2.02. The predicted molar refractivity (Wildman–Crippen MR) is 146 cm³/mol. The summed E-state index contributed by atoms with van der Waals surface area (Å²) in [6, 6.07) is 9.89. The van der Waals surface area contributed by atoms with E-state index in [1.165, 1.54) is 0 Å². The van der Waals surface area contributed by atoms with Gasteiger partial charge in [-0.25, -0.2) is 0 Å². The van der Waals surface area contributed by atoms with E-state index >= 15 is 0 Å². The second-order valence-electron chi connectivity index (χ2n) is 11.1. The van der Waals surface area contributed by atoms with Crippen molar-refractivity contribution in [3.63, 3.8) is 0 Å². The summed E-state index contributed by atoms with van der Waals surface area (Å²) in [5.74, 6) is 2.90. The lowest BCUT2D eigenvalue weighted by atomic mass is 9.85. The van der Waals surface area contributed by atoms with Crippen molar-refractivity contribution < 1.29 is 32.6 Å². The number of benzene rings is 2. The highest BCUT2D eigenvalue weighted by atomic mass is 28.4. The maximum Gasteiger partial charge on any atom is 0.309 e. The second-order valence-corrected chi connectivity index (χ2v) is 20.0. The Balaban J connectivity index is 1.83. The lowest BCUT2D eigenvalue weighted by molar-refractivity contribution is -0.141. The van der Waals surface area contributed by atoms with Crippen LogP contribution in [0, 0.1) is 11.8 Å². The van der Waals surface area contributed by atoms with Crippen LogP contribution in [0.1, 0.15) is 11.1 Å². The van der Waals surface area contributed by atoms with Gasteiger partial charge in [-0.15, -0.1) is 0 Å². The molecular weight excluding hydrogens is 492 g/mol. The maximum absolute atomic E-state index is 12.7. The third-order valence-corrected chi connectivity index (χ3v) is 7.49. The fraction of sp³-hybridized carbons (Fsp3) is 0.519. The Kier molecular flexibility index (Phi) is 8.66. The van der Waals surface area contributed by atoms with E-state index in [4.69, 9.17) is 27.8 Å². The van der Waals surface area contributed by atoms with Crippen LogP contribution < -0.4 is 23.1 Å². The highest BCUT2D eigenvalue weighted by Gasteiger charge is 2.37. The van der Waals surface area contributed by atoms with Gasteiger partial charge < -0.3 is 27.8 Å². The van der Waals surface area contributed by atoms with Crippen molar-refractivity contribution in [2.24, 2.45) is 11.8 Å². The van der Waals surface area contributed by atoms with Gasteiger partial charge in [-0.1, -0.05) is 6.07 Å². The lowest BCUT2D eigenvalue weighted by Crippen LogP contribution is -2.29. The van der Waals surface area contributed by atoms with E-state index in [0.29, 0.717) is 42.4 Å². The first-order valence-electron chi connectivity index (χ1n) is 12.3. The van der Waals surface area contributed by atoms with Gasteiger partial charge in [0.2, 0.25) is 16.6 Å². The number of cyclic esters (lactones) is 1. The number of rotatable bonds is 11. The number of esters is 1. The van der Waals surface area contributed by atoms with Crippen molar-refractivity contribution in [3.8, 4) is 28.7 Å². The molecule has 1 fully saturated rings. The van der Waals surface area contributed by atoms with Gasteiger partial charge in [0.1, 0.15) is 5.75 Å². The Labute approximate surface area is 217 Å². The van der Waals surface area contributed by atoms with E-state index in [0.717, 1.165) is 16.9 Å². The molecule has 0 aromatic heterocycles. The fourth-order valence-corrected chi connectivity index (χ4v) is 5.97. The van der Waals surface area contributed by atoms with Gasteiger partial charge >= 0.3 is 5.97 Å². The summed E-state index contributed by atoms with van der Waals surface area (Å²) < 4.78 is 34.8. The van der Waals surface area contributed by atoms with Crippen LogP contribution in [0.5, 0.6) is 28.7 Å². The number of hydrogen-bond acceptors (Lipinski definition) is 7. The summed E-state index contributed by atoms with van der Waals surface area (Å²) >= 11 is 0. The molecule has 0 spiro atoms. The molecule has 1 saturated heterocycles. The van der Waals surface area contributed by atoms with Crippen LogP contribution in [0.15, 0.2) is 30.3 Å². The molecule has 2 aromatic rings. The van der Waals surface area contributed by atoms with Crippen LogP contribution in [0.2, 0.25) is 39.3 Å². The molecule has 0 N–H and O–H groups in total. The van der Waals surface area contributed by atoms with Gasteiger partial charge in [0.15, 0.2) is 23.0 Å². The van der Waals surface area contributed by atoms with Crippen LogP contribution in [0.25, 0.3) is 0 Å². The predicted octanol–water partition coefficient (Wildman–Crippen LogP) is 5.71. The van der Waals surface area contributed by atoms with Crippen LogP contribution in [0.4, 0.5) is 0 Å². The average Bonchev–Trinajstić information content (AvgIpc) is 3.12. The fourth-order valence-electron chi connectivity index (χ4n) is 4.32. The van der Waals surface area contributed by atoms with E-state index in [2.05, 4.69) is 39.3 Å². The van der Waals surface area contributed by atoms with E-state index in [1.54, 1.807) is 21.3 Å². The Bertz CT molecular complexity index is 1050. The van der Waals surface area contributed by atoms with E-state index in [1.807, 2.05) is 30.3 Å². The molecule has 3 rings (SSSR count). The standard InChI is InChI=1S/C27H40O7Si2/c1-29-23-14-18(10-11-22(23)33-35(4,5)6)12-20-17-32-27(28)21(20)13-19-15-24(30-2)26(25(16-19)31-3)34-36(7,8)9/h10-11,14-16,20-21H,12-13,17H2,1-9H3.